The molecule has 1 rings (SSSR count). The molecule has 0 aliphatic carbocycles. The van der Waals surface area contributed by atoms with E-state index in [9.17, 15) is 9.59 Å². The van der Waals surface area contributed by atoms with Gasteiger partial charge in [0.25, 0.3) is 0 Å². The molecule has 0 saturated carbocycles. The smallest absolute Gasteiger partial charge is 0.346 e. The number of alkyl halides is 1. The molecule has 0 amide bonds. The number of hydrogen-bond donors (Lipinski definition) is 0. The summed E-state index contributed by atoms with van der Waals surface area (Å²) in [5.74, 6) is -0.964. The molecule has 0 aliphatic heterocycles. The molecule has 15 heavy (non-hydrogen) atoms. The number of carbonyl (C=O) groups excluding carboxylic acids is 2. The largest absolute Gasteiger partial charge is 0.389 e. The highest BCUT2D eigenvalue weighted by Gasteiger charge is 2.14. The Labute approximate surface area is 93.0 Å². The molecule has 0 aliphatic rings. The van der Waals surface area contributed by atoms with Crippen LogP contribution in [0.3, 0.4) is 0 Å². The Morgan fingerprint density at radius 3 is 2.60 bits per heavy atom. The fraction of sp³-hybridized carbons (Fsp3) is 0.273. The van der Waals surface area contributed by atoms with Crippen LogP contribution >= 0.6 is 11.6 Å². The maximum atomic E-state index is 11.5. The number of ether oxygens (including phenoxy) is 1. The Morgan fingerprint density at radius 1 is 1.33 bits per heavy atom. The third kappa shape index (κ3) is 3.06. The first kappa shape index (κ1) is 11.7. The Balaban J connectivity index is 2.86. The minimum Gasteiger partial charge on any atom is -0.389 e. The molecule has 1 aromatic rings. The first-order valence-electron chi connectivity index (χ1n) is 4.58. The third-order valence-electron chi connectivity index (χ3n) is 1.88. The summed E-state index contributed by atoms with van der Waals surface area (Å²) in [6.45, 7) is 1.63. The van der Waals surface area contributed by atoms with E-state index in [4.69, 9.17) is 11.6 Å². The zero-order valence-corrected chi connectivity index (χ0v) is 9.08. The van der Waals surface area contributed by atoms with Gasteiger partial charge in [0, 0.05) is 12.3 Å². The van der Waals surface area contributed by atoms with Crippen LogP contribution in [0.1, 0.15) is 29.3 Å². The molecule has 4 heteroatoms. The fourth-order valence-corrected chi connectivity index (χ4v) is 1.30. The van der Waals surface area contributed by atoms with E-state index in [1.54, 1.807) is 31.2 Å². The van der Waals surface area contributed by atoms with Gasteiger partial charge in [-0.15, -0.1) is 11.6 Å². The molecular weight excluding hydrogens is 216 g/mol. The van der Waals surface area contributed by atoms with Crippen LogP contribution in [-0.4, -0.2) is 11.9 Å². The number of halogens is 1. The second-order valence-corrected chi connectivity index (χ2v) is 3.17. The molecule has 0 radical (unpaired) electrons. The van der Waals surface area contributed by atoms with E-state index >= 15 is 0 Å². The van der Waals surface area contributed by atoms with Crippen molar-refractivity contribution in [3.05, 3.63) is 35.4 Å². The van der Waals surface area contributed by atoms with E-state index in [2.05, 4.69) is 4.74 Å². The van der Waals surface area contributed by atoms with Crippen LogP contribution in [0.25, 0.3) is 0 Å². The van der Waals surface area contributed by atoms with Gasteiger partial charge in [-0.1, -0.05) is 25.1 Å². The number of rotatable bonds is 3. The summed E-state index contributed by atoms with van der Waals surface area (Å²) in [5.41, 5.74) is 1.00. The monoisotopic (exact) mass is 226 g/mol. The number of esters is 2. The standard InChI is InChI=1S/C11H11ClO3/c1-2-10(13)15-11(14)9-6-4-3-5-8(9)7-12/h3-6H,2,7H2,1H3. The van der Waals surface area contributed by atoms with Gasteiger partial charge in [-0.25, -0.2) is 4.79 Å². The average molecular weight is 227 g/mol. The molecule has 0 fully saturated rings. The van der Waals surface area contributed by atoms with Crippen molar-refractivity contribution in [1.29, 1.82) is 0 Å². The topological polar surface area (TPSA) is 43.4 Å². The van der Waals surface area contributed by atoms with Crippen molar-refractivity contribution in [2.45, 2.75) is 19.2 Å². The maximum Gasteiger partial charge on any atom is 0.346 e. The number of hydrogen-bond acceptors (Lipinski definition) is 3. The summed E-state index contributed by atoms with van der Waals surface area (Å²) in [6, 6.07) is 6.78. The van der Waals surface area contributed by atoms with Crippen molar-refractivity contribution < 1.29 is 14.3 Å². The van der Waals surface area contributed by atoms with Gasteiger partial charge in [-0.2, -0.15) is 0 Å². The predicted octanol–water partition coefficient (Wildman–Crippen LogP) is 2.52. The van der Waals surface area contributed by atoms with Gasteiger partial charge in [0.2, 0.25) is 0 Å². The molecule has 0 spiro atoms. The van der Waals surface area contributed by atoms with Gasteiger partial charge in [0.05, 0.1) is 5.56 Å². The van der Waals surface area contributed by atoms with Crippen LogP contribution < -0.4 is 0 Å². The van der Waals surface area contributed by atoms with E-state index in [0.717, 1.165) is 0 Å². The lowest BCUT2D eigenvalue weighted by molar-refractivity contribution is -0.137. The predicted molar refractivity (Wildman–Crippen MR) is 56.7 cm³/mol. The van der Waals surface area contributed by atoms with Gasteiger partial charge in [0.1, 0.15) is 0 Å². The van der Waals surface area contributed by atoms with E-state index in [1.807, 2.05) is 0 Å². The number of benzene rings is 1. The molecule has 0 saturated heterocycles. The van der Waals surface area contributed by atoms with Crippen molar-refractivity contribution in [2.24, 2.45) is 0 Å². The Hall–Kier alpha value is -1.35. The number of carbonyl (C=O) groups is 2. The lowest BCUT2D eigenvalue weighted by atomic mass is 10.1. The Morgan fingerprint density at radius 2 is 2.00 bits per heavy atom. The zero-order chi connectivity index (χ0) is 11.3. The van der Waals surface area contributed by atoms with Crippen molar-refractivity contribution >= 4 is 23.5 Å². The molecular formula is C11H11ClO3. The first-order chi connectivity index (χ1) is 7.19. The minimum atomic E-state index is -0.641. The lowest BCUT2D eigenvalue weighted by Crippen LogP contribution is -2.12. The summed E-state index contributed by atoms with van der Waals surface area (Å²) in [4.78, 5) is 22.4. The summed E-state index contributed by atoms with van der Waals surface area (Å²) < 4.78 is 4.59. The van der Waals surface area contributed by atoms with Crippen molar-refractivity contribution in [3.63, 3.8) is 0 Å². The van der Waals surface area contributed by atoms with Crippen LogP contribution in [0, 0.1) is 0 Å². The first-order valence-corrected chi connectivity index (χ1v) is 5.11. The van der Waals surface area contributed by atoms with Crippen molar-refractivity contribution in [3.8, 4) is 0 Å². The normalized spacial score (nSPS) is 9.73. The minimum absolute atomic E-state index is 0.175. The SMILES string of the molecule is CCC(=O)OC(=O)c1ccccc1CCl. The molecule has 0 atom stereocenters. The van der Waals surface area contributed by atoms with E-state index in [-0.39, 0.29) is 12.3 Å². The maximum absolute atomic E-state index is 11.5. The summed E-state index contributed by atoms with van der Waals surface area (Å²) in [5, 5.41) is 0. The fourth-order valence-electron chi connectivity index (χ4n) is 1.07. The van der Waals surface area contributed by atoms with Crippen molar-refractivity contribution in [2.75, 3.05) is 0 Å². The second-order valence-electron chi connectivity index (χ2n) is 2.91. The summed E-state index contributed by atoms with van der Waals surface area (Å²) in [7, 11) is 0. The van der Waals surface area contributed by atoms with E-state index in [1.165, 1.54) is 0 Å². The second kappa shape index (κ2) is 5.51. The van der Waals surface area contributed by atoms with Gasteiger partial charge in [0.15, 0.2) is 0 Å². The lowest BCUT2D eigenvalue weighted by Gasteiger charge is -2.05. The summed E-state index contributed by atoms with van der Waals surface area (Å²) in [6.07, 6.45) is 0.175. The molecule has 0 N–H and O–H groups in total. The highest BCUT2D eigenvalue weighted by molar-refractivity contribution is 6.17. The molecule has 0 aromatic heterocycles. The van der Waals surface area contributed by atoms with E-state index < -0.39 is 11.9 Å². The molecule has 1 aromatic carbocycles. The molecule has 0 heterocycles. The highest BCUT2D eigenvalue weighted by atomic mass is 35.5. The molecule has 80 valence electrons. The third-order valence-corrected chi connectivity index (χ3v) is 2.16. The van der Waals surface area contributed by atoms with Gasteiger partial charge in [-0.05, 0) is 11.6 Å². The molecule has 0 unspecified atom stereocenters. The van der Waals surface area contributed by atoms with Crippen LogP contribution in [0.15, 0.2) is 24.3 Å². The average Bonchev–Trinajstić information content (AvgIpc) is 2.28. The molecule has 3 nitrogen and oxygen atoms in total. The Bertz CT molecular complexity index is 374. The van der Waals surface area contributed by atoms with Crippen molar-refractivity contribution in [1.82, 2.24) is 0 Å². The van der Waals surface area contributed by atoms with Gasteiger partial charge in [-0.3, -0.25) is 4.79 Å². The van der Waals surface area contributed by atoms with Crippen LogP contribution in [0.5, 0.6) is 0 Å². The Kier molecular flexibility index (Phi) is 4.31. The highest BCUT2D eigenvalue weighted by Crippen LogP contribution is 2.12. The van der Waals surface area contributed by atoms with Crippen LogP contribution in [-0.2, 0) is 15.4 Å². The summed E-state index contributed by atoms with van der Waals surface area (Å²) >= 11 is 5.65. The van der Waals surface area contributed by atoms with Crippen LogP contribution in [0.2, 0.25) is 0 Å². The quantitative estimate of drug-likeness (QED) is 0.452. The molecule has 0 bridgehead atoms. The van der Waals surface area contributed by atoms with Gasteiger partial charge < -0.3 is 4.74 Å². The van der Waals surface area contributed by atoms with Gasteiger partial charge >= 0.3 is 11.9 Å². The zero-order valence-electron chi connectivity index (χ0n) is 8.33. The van der Waals surface area contributed by atoms with Crippen LogP contribution in [0.4, 0.5) is 0 Å². The van der Waals surface area contributed by atoms with E-state index in [0.29, 0.717) is 11.1 Å².